The van der Waals surface area contributed by atoms with Crippen molar-refractivity contribution in [3.05, 3.63) is 90.0 Å². The van der Waals surface area contributed by atoms with E-state index >= 15 is 0 Å². The zero-order chi connectivity index (χ0) is 27.1. The number of amides is 2. The van der Waals surface area contributed by atoms with Gasteiger partial charge in [0.05, 0.1) is 18.2 Å². The van der Waals surface area contributed by atoms with Crippen LogP contribution in [0.3, 0.4) is 0 Å². The Morgan fingerprint density at radius 2 is 2.00 bits per heavy atom. The average molecular weight is 507 g/mol. The number of quaternary nitrogens is 1. The smallest absolute Gasteiger partial charge is 0.321 e. The Labute approximate surface area is 217 Å². The molecule has 8 nitrogen and oxygen atoms in total. The number of benzene rings is 1. The van der Waals surface area contributed by atoms with Crippen LogP contribution >= 0.6 is 0 Å². The number of ether oxygens (including phenoxy) is 2. The second-order valence-electron chi connectivity index (χ2n) is 9.65. The molecule has 3 atom stereocenters. The molecule has 1 aliphatic carbocycles. The Bertz CT molecular complexity index is 1170. The molecule has 1 heterocycles. The van der Waals surface area contributed by atoms with Crippen molar-refractivity contribution in [1.82, 2.24) is 9.96 Å². The molecule has 1 aromatic carbocycles. The summed E-state index contributed by atoms with van der Waals surface area (Å²) in [5.41, 5.74) is 1.38. The molecule has 8 heteroatoms. The van der Waals surface area contributed by atoms with Crippen molar-refractivity contribution in [2.75, 3.05) is 19.8 Å². The molecule has 1 aromatic rings. The lowest BCUT2D eigenvalue weighted by Crippen LogP contribution is -2.45. The number of hydroxylamine groups is 2. The van der Waals surface area contributed by atoms with E-state index in [2.05, 4.69) is 25.4 Å². The van der Waals surface area contributed by atoms with E-state index in [9.17, 15) is 19.6 Å². The van der Waals surface area contributed by atoms with Crippen molar-refractivity contribution >= 4 is 23.8 Å². The van der Waals surface area contributed by atoms with E-state index in [0.717, 1.165) is 17.7 Å². The number of carbonyl (C=O) groups is 3. The van der Waals surface area contributed by atoms with Gasteiger partial charge in [0, 0.05) is 25.0 Å². The molecule has 2 aliphatic rings. The second kappa shape index (κ2) is 12.0. The lowest BCUT2D eigenvalue weighted by atomic mass is 9.77. The van der Waals surface area contributed by atoms with E-state index in [1.54, 1.807) is 31.2 Å². The van der Waals surface area contributed by atoms with Crippen LogP contribution in [-0.4, -0.2) is 37.9 Å². The summed E-state index contributed by atoms with van der Waals surface area (Å²) in [6.45, 7) is 11.9. The van der Waals surface area contributed by atoms with Crippen LogP contribution in [0.25, 0.3) is 0 Å². The van der Waals surface area contributed by atoms with Gasteiger partial charge in [0.25, 0.3) is 0 Å². The number of carbonyl (C=O) groups excluding carboxylic acids is 3. The molecule has 0 bridgehead atoms. The first-order valence-corrected chi connectivity index (χ1v) is 12.3. The summed E-state index contributed by atoms with van der Waals surface area (Å²) in [5.74, 6) is -0.106. The number of nitrogens with zero attached hydrogens (tertiary/aromatic N) is 1. The van der Waals surface area contributed by atoms with E-state index in [1.807, 2.05) is 18.2 Å². The summed E-state index contributed by atoms with van der Waals surface area (Å²) in [7, 11) is 0. The fraction of sp³-hybridized carbons (Fsp3) is 0.345. The van der Waals surface area contributed by atoms with E-state index in [-0.39, 0.29) is 37.0 Å². The minimum Gasteiger partial charge on any atom is -0.620 e. The fourth-order valence-electron chi connectivity index (χ4n) is 4.62. The van der Waals surface area contributed by atoms with Crippen molar-refractivity contribution < 1.29 is 23.9 Å². The maximum atomic E-state index is 13.5. The molecule has 3 rings (SSSR count). The van der Waals surface area contributed by atoms with Gasteiger partial charge in [-0.25, -0.2) is 4.79 Å². The summed E-state index contributed by atoms with van der Waals surface area (Å²) in [6, 6.07) is 5.38. The number of hydrogen-bond acceptors (Lipinski definition) is 6. The normalized spacial score (nSPS) is 25.3. The maximum Gasteiger partial charge on any atom is 0.321 e. The molecule has 0 saturated carbocycles. The summed E-state index contributed by atoms with van der Waals surface area (Å²) in [6.07, 6.45) is 11.4. The summed E-state index contributed by atoms with van der Waals surface area (Å²) < 4.78 is 10.7. The highest BCUT2D eigenvalue weighted by molar-refractivity contribution is 5.94. The van der Waals surface area contributed by atoms with Gasteiger partial charge in [-0.15, -0.1) is 0 Å². The van der Waals surface area contributed by atoms with Gasteiger partial charge in [0.2, 0.25) is 5.91 Å². The number of nitrogens with one attached hydrogen (secondary N) is 1. The van der Waals surface area contributed by atoms with Crippen molar-refractivity contribution in [3.8, 4) is 5.75 Å². The van der Waals surface area contributed by atoms with Gasteiger partial charge in [-0.1, -0.05) is 44.4 Å². The van der Waals surface area contributed by atoms with Crippen LogP contribution in [0.4, 0.5) is 5.69 Å². The Morgan fingerprint density at radius 3 is 2.65 bits per heavy atom. The predicted molar refractivity (Wildman–Crippen MR) is 143 cm³/mol. The molecule has 3 unspecified atom stereocenters. The highest BCUT2D eigenvalue weighted by Gasteiger charge is 2.43. The van der Waals surface area contributed by atoms with Gasteiger partial charge < -0.3 is 20.0 Å². The highest BCUT2D eigenvalue weighted by Crippen LogP contribution is 2.42. The third kappa shape index (κ3) is 6.53. The van der Waals surface area contributed by atoms with Gasteiger partial charge in [0.1, 0.15) is 25.3 Å². The van der Waals surface area contributed by atoms with E-state index in [1.165, 1.54) is 0 Å². The van der Waals surface area contributed by atoms with Crippen LogP contribution < -0.4 is 14.7 Å². The standard InChI is InChI=1S/C29H34N2O6/c1-5-16-36-25-18-22(9-10-24(25)31(35)14-12-21(3)28(31)34)19-29(4)13-11-23(26(20-29)37-17-6-2)30-27(33)8-7-15-32/h5-11,13,15,18,21H,1-2,12,14,16-17,19-20H2,3-4H3,(H,30,33)/b8-7-. The maximum absolute atomic E-state index is 13.5. The largest absolute Gasteiger partial charge is 0.620 e. The van der Waals surface area contributed by atoms with Crippen LogP contribution in [0, 0.1) is 16.5 Å². The first-order valence-electron chi connectivity index (χ1n) is 12.3. The Balaban J connectivity index is 1.87. The molecular weight excluding hydrogens is 472 g/mol. The lowest BCUT2D eigenvalue weighted by Gasteiger charge is -2.36. The molecular formula is C29H34N2O6. The zero-order valence-electron chi connectivity index (χ0n) is 21.4. The number of hydrogen-bond donors (Lipinski definition) is 1. The molecule has 1 fully saturated rings. The van der Waals surface area contributed by atoms with Crippen molar-refractivity contribution in [2.24, 2.45) is 11.3 Å². The molecule has 196 valence electrons. The van der Waals surface area contributed by atoms with Crippen LogP contribution in [0.5, 0.6) is 5.75 Å². The Morgan fingerprint density at radius 1 is 1.27 bits per heavy atom. The second-order valence-corrected chi connectivity index (χ2v) is 9.65. The van der Waals surface area contributed by atoms with E-state index in [0.29, 0.717) is 48.4 Å². The lowest BCUT2D eigenvalue weighted by molar-refractivity contribution is -0.128. The van der Waals surface area contributed by atoms with E-state index < -0.39 is 10.6 Å². The third-order valence-corrected chi connectivity index (χ3v) is 6.51. The van der Waals surface area contributed by atoms with Crippen molar-refractivity contribution in [1.29, 1.82) is 0 Å². The van der Waals surface area contributed by atoms with Crippen molar-refractivity contribution in [3.63, 3.8) is 0 Å². The molecule has 0 radical (unpaired) electrons. The average Bonchev–Trinajstić information content (AvgIpc) is 3.14. The highest BCUT2D eigenvalue weighted by atomic mass is 16.6. The summed E-state index contributed by atoms with van der Waals surface area (Å²) >= 11 is 0. The predicted octanol–water partition coefficient (Wildman–Crippen LogP) is 4.42. The molecule has 1 N–H and O–H groups in total. The summed E-state index contributed by atoms with van der Waals surface area (Å²) in [5, 5.41) is 16.3. The zero-order valence-corrected chi connectivity index (χ0v) is 21.4. The van der Waals surface area contributed by atoms with Crippen LogP contribution in [-0.2, 0) is 25.5 Å². The molecule has 1 aliphatic heterocycles. The van der Waals surface area contributed by atoms with Crippen LogP contribution in [0.15, 0.2) is 79.3 Å². The minimum absolute atomic E-state index is 0.190. The Hall–Kier alpha value is -3.75. The monoisotopic (exact) mass is 506 g/mol. The van der Waals surface area contributed by atoms with Crippen molar-refractivity contribution in [2.45, 2.75) is 33.1 Å². The number of aldehydes is 1. The first-order chi connectivity index (χ1) is 17.7. The first kappa shape index (κ1) is 27.8. The molecule has 37 heavy (non-hydrogen) atoms. The number of rotatable bonds is 12. The topological polar surface area (TPSA) is 105 Å². The molecule has 0 spiro atoms. The van der Waals surface area contributed by atoms with Crippen LogP contribution in [0.2, 0.25) is 0 Å². The Kier molecular flexibility index (Phi) is 9.02. The fourth-order valence-corrected chi connectivity index (χ4v) is 4.62. The minimum atomic E-state index is -1.02. The van der Waals surface area contributed by atoms with Crippen LogP contribution in [0.1, 0.15) is 32.3 Å². The molecule has 0 aromatic heterocycles. The van der Waals surface area contributed by atoms with E-state index in [4.69, 9.17) is 9.47 Å². The van der Waals surface area contributed by atoms with Gasteiger partial charge in [0.15, 0.2) is 11.4 Å². The van der Waals surface area contributed by atoms with Gasteiger partial charge in [-0.05, 0) is 42.5 Å². The van der Waals surface area contributed by atoms with Gasteiger partial charge >= 0.3 is 5.91 Å². The number of allylic oxidation sites excluding steroid dienone is 4. The molecule has 2 amide bonds. The SMILES string of the molecule is C=CCOC1=C(NC(=O)/C=C\C=O)C=CC(C)(Cc2ccc([N+]3([O-])CCC(C)C3=O)c(OCC=C)c2)C1. The third-order valence-electron chi connectivity index (χ3n) is 6.51. The van der Waals surface area contributed by atoms with Gasteiger partial charge in [-0.2, -0.15) is 0 Å². The summed E-state index contributed by atoms with van der Waals surface area (Å²) in [4.78, 5) is 35.3. The molecule has 1 saturated heterocycles. The van der Waals surface area contributed by atoms with Gasteiger partial charge in [-0.3, -0.25) is 14.2 Å². The quantitative estimate of drug-likeness (QED) is 0.148.